The topological polar surface area (TPSA) is 37.8 Å². The Morgan fingerprint density at radius 1 is 1.17 bits per heavy atom. The Balaban J connectivity index is 1.75. The van der Waals surface area contributed by atoms with Crippen molar-refractivity contribution in [1.82, 2.24) is 9.97 Å². The summed E-state index contributed by atoms with van der Waals surface area (Å²) in [6.07, 6.45) is 4.93. The molecule has 2 aliphatic rings. The van der Waals surface area contributed by atoms with Gasteiger partial charge in [0, 0.05) is 18.0 Å². The third-order valence-corrected chi connectivity index (χ3v) is 4.65. The van der Waals surface area contributed by atoms with E-state index in [0.717, 1.165) is 17.6 Å². The normalized spacial score (nSPS) is 31.6. The smallest absolute Gasteiger partial charge is 0.135 e. The van der Waals surface area contributed by atoms with Crippen LogP contribution in [0.1, 0.15) is 51.3 Å². The minimum atomic E-state index is 0.526. The van der Waals surface area contributed by atoms with Gasteiger partial charge in [0.1, 0.15) is 16.8 Å². The molecule has 1 aromatic rings. The van der Waals surface area contributed by atoms with E-state index in [1.54, 1.807) is 0 Å². The maximum atomic E-state index is 6.08. The van der Waals surface area contributed by atoms with Gasteiger partial charge in [-0.05, 0) is 37.5 Å². The molecule has 3 rings (SSSR count). The van der Waals surface area contributed by atoms with Gasteiger partial charge in [0.15, 0.2) is 0 Å². The Morgan fingerprint density at radius 3 is 2.56 bits per heavy atom. The van der Waals surface area contributed by atoms with Crippen LogP contribution >= 0.6 is 11.6 Å². The summed E-state index contributed by atoms with van der Waals surface area (Å²) in [6, 6.07) is 2.38. The van der Waals surface area contributed by atoms with Crippen LogP contribution in [0.3, 0.4) is 0 Å². The SMILES string of the molecule is CC1CCC(Nc2cc(Cl)nc(C3CC3)n2)C1C. The molecule has 18 heavy (non-hydrogen) atoms. The Kier molecular flexibility index (Phi) is 3.18. The predicted molar refractivity (Wildman–Crippen MR) is 74.0 cm³/mol. The molecule has 2 fully saturated rings. The van der Waals surface area contributed by atoms with E-state index >= 15 is 0 Å². The maximum Gasteiger partial charge on any atom is 0.135 e. The Hall–Kier alpha value is -0.830. The fraction of sp³-hybridized carbons (Fsp3) is 0.714. The maximum absolute atomic E-state index is 6.08. The molecule has 98 valence electrons. The zero-order chi connectivity index (χ0) is 12.7. The minimum Gasteiger partial charge on any atom is -0.367 e. The molecule has 2 saturated carbocycles. The van der Waals surface area contributed by atoms with Crippen LogP contribution in [0, 0.1) is 11.8 Å². The van der Waals surface area contributed by atoms with Gasteiger partial charge in [-0.15, -0.1) is 0 Å². The molecule has 3 unspecified atom stereocenters. The van der Waals surface area contributed by atoms with E-state index in [-0.39, 0.29) is 0 Å². The Morgan fingerprint density at radius 2 is 1.94 bits per heavy atom. The third kappa shape index (κ3) is 2.46. The molecule has 0 saturated heterocycles. The van der Waals surface area contributed by atoms with Gasteiger partial charge in [0.05, 0.1) is 0 Å². The van der Waals surface area contributed by atoms with Crippen LogP contribution in [0.2, 0.25) is 5.15 Å². The van der Waals surface area contributed by atoms with Crippen LogP contribution in [0.5, 0.6) is 0 Å². The summed E-state index contributed by atoms with van der Waals surface area (Å²) < 4.78 is 0. The van der Waals surface area contributed by atoms with Crippen molar-refractivity contribution in [2.24, 2.45) is 11.8 Å². The van der Waals surface area contributed by atoms with Crippen molar-refractivity contribution >= 4 is 17.4 Å². The summed E-state index contributed by atoms with van der Waals surface area (Å²) in [5.41, 5.74) is 0. The lowest BCUT2D eigenvalue weighted by atomic mass is 9.98. The van der Waals surface area contributed by atoms with Gasteiger partial charge in [-0.1, -0.05) is 25.4 Å². The van der Waals surface area contributed by atoms with E-state index in [0.29, 0.717) is 23.0 Å². The highest BCUT2D eigenvalue weighted by Crippen LogP contribution is 2.39. The summed E-state index contributed by atoms with van der Waals surface area (Å²) in [5, 5.41) is 4.11. The van der Waals surface area contributed by atoms with E-state index in [1.807, 2.05) is 6.07 Å². The Labute approximate surface area is 113 Å². The standard InChI is InChI=1S/C14H20ClN3/c1-8-3-6-11(9(8)2)16-13-7-12(15)17-14(18-13)10-4-5-10/h7-11H,3-6H2,1-2H3,(H,16,17,18). The first kappa shape index (κ1) is 12.2. The van der Waals surface area contributed by atoms with Crippen molar-refractivity contribution in [1.29, 1.82) is 0 Å². The minimum absolute atomic E-state index is 0.526. The largest absolute Gasteiger partial charge is 0.367 e. The van der Waals surface area contributed by atoms with Crippen molar-refractivity contribution < 1.29 is 0 Å². The molecule has 3 nitrogen and oxygen atoms in total. The highest BCUT2D eigenvalue weighted by molar-refractivity contribution is 6.29. The second kappa shape index (κ2) is 4.69. The molecule has 1 aromatic heterocycles. The van der Waals surface area contributed by atoms with Crippen LogP contribution in [0.4, 0.5) is 5.82 Å². The monoisotopic (exact) mass is 265 g/mol. The molecule has 0 bridgehead atoms. The van der Waals surface area contributed by atoms with Crippen LogP contribution in [-0.2, 0) is 0 Å². The second-order valence-electron chi connectivity index (χ2n) is 5.87. The lowest BCUT2D eigenvalue weighted by Gasteiger charge is -2.20. The van der Waals surface area contributed by atoms with Crippen LogP contribution < -0.4 is 5.32 Å². The fourth-order valence-corrected chi connectivity index (χ4v) is 2.98. The number of nitrogens with one attached hydrogen (secondary N) is 1. The molecule has 0 radical (unpaired) electrons. The van der Waals surface area contributed by atoms with Crippen molar-refractivity contribution in [2.45, 2.75) is 51.5 Å². The number of halogens is 1. The van der Waals surface area contributed by atoms with Crippen LogP contribution in [-0.4, -0.2) is 16.0 Å². The lowest BCUT2D eigenvalue weighted by molar-refractivity contribution is 0.435. The van der Waals surface area contributed by atoms with Gasteiger partial charge >= 0.3 is 0 Å². The Bertz CT molecular complexity index is 445. The third-order valence-electron chi connectivity index (χ3n) is 4.45. The fourth-order valence-electron chi connectivity index (χ4n) is 2.79. The van der Waals surface area contributed by atoms with E-state index in [9.17, 15) is 0 Å². The highest BCUT2D eigenvalue weighted by atomic mass is 35.5. The van der Waals surface area contributed by atoms with Crippen molar-refractivity contribution in [3.63, 3.8) is 0 Å². The molecular formula is C14H20ClN3. The van der Waals surface area contributed by atoms with Gasteiger partial charge in [-0.25, -0.2) is 9.97 Å². The molecular weight excluding hydrogens is 246 g/mol. The molecule has 2 aliphatic carbocycles. The summed E-state index contributed by atoms with van der Waals surface area (Å²) in [7, 11) is 0. The van der Waals surface area contributed by atoms with Crippen molar-refractivity contribution in [3.05, 3.63) is 17.0 Å². The first-order valence-corrected chi connectivity index (χ1v) is 7.32. The second-order valence-corrected chi connectivity index (χ2v) is 6.26. The molecule has 0 spiro atoms. The van der Waals surface area contributed by atoms with Gasteiger partial charge in [-0.3, -0.25) is 0 Å². The zero-order valence-electron chi connectivity index (χ0n) is 11.0. The number of aromatic nitrogens is 2. The molecule has 0 amide bonds. The van der Waals surface area contributed by atoms with Crippen molar-refractivity contribution in [3.8, 4) is 0 Å². The molecule has 1 heterocycles. The van der Waals surface area contributed by atoms with Crippen molar-refractivity contribution in [2.75, 3.05) is 5.32 Å². The van der Waals surface area contributed by atoms with E-state index in [1.165, 1.54) is 25.7 Å². The van der Waals surface area contributed by atoms with E-state index < -0.39 is 0 Å². The number of hydrogen-bond acceptors (Lipinski definition) is 3. The van der Waals surface area contributed by atoms with E-state index in [4.69, 9.17) is 11.6 Å². The van der Waals surface area contributed by atoms with Gasteiger partial charge in [-0.2, -0.15) is 0 Å². The highest BCUT2D eigenvalue weighted by Gasteiger charge is 2.31. The first-order valence-electron chi connectivity index (χ1n) is 6.94. The van der Waals surface area contributed by atoms with Crippen LogP contribution in [0.25, 0.3) is 0 Å². The first-order chi connectivity index (χ1) is 8.63. The van der Waals surface area contributed by atoms with E-state index in [2.05, 4.69) is 29.1 Å². The zero-order valence-corrected chi connectivity index (χ0v) is 11.7. The summed E-state index contributed by atoms with van der Waals surface area (Å²) in [4.78, 5) is 8.93. The quantitative estimate of drug-likeness (QED) is 0.844. The molecule has 1 N–H and O–H groups in total. The van der Waals surface area contributed by atoms with Gasteiger partial charge < -0.3 is 5.32 Å². The van der Waals surface area contributed by atoms with Gasteiger partial charge in [0.25, 0.3) is 0 Å². The average Bonchev–Trinajstić information content (AvgIpc) is 3.12. The number of anilines is 1. The predicted octanol–water partition coefficient (Wildman–Crippen LogP) is 3.85. The van der Waals surface area contributed by atoms with Gasteiger partial charge in [0.2, 0.25) is 0 Å². The summed E-state index contributed by atoms with van der Waals surface area (Å²) in [6.45, 7) is 4.65. The number of rotatable bonds is 3. The number of hydrogen-bond donors (Lipinski definition) is 1. The summed E-state index contributed by atoms with van der Waals surface area (Å²) >= 11 is 6.08. The summed E-state index contributed by atoms with van der Waals surface area (Å²) in [5.74, 6) is 3.86. The molecule has 0 aliphatic heterocycles. The molecule has 4 heteroatoms. The average molecular weight is 266 g/mol. The molecule has 3 atom stereocenters. The van der Waals surface area contributed by atoms with Crippen LogP contribution in [0.15, 0.2) is 6.07 Å². The molecule has 0 aromatic carbocycles. The lowest BCUT2D eigenvalue weighted by Crippen LogP contribution is -2.24. The number of nitrogens with zero attached hydrogens (tertiary/aromatic N) is 2.